The summed E-state index contributed by atoms with van der Waals surface area (Å²) in [5, 5.41) is 4.78. The molecule has 0 aliphatic heterocycles. The van der Waals surface area contributed by atoms with Gasteiger partial charge in [-0.25, -0.2) is 4.98 Å². The molecule has 0 atom stereocenters. The van der Waals surface area contributed by atoms with Gasteiger partial charge < -0.3 is 0 Å². The van der Waals surface area contributed by atoms with Gasteiger partial charge >= 0.3 is 0 Å². The van der Waals surface area contributed by atoms with Crippen molar-refractivity contribution in [2.24, 2.45) is 0 Å². The maximum Gasteiger partial charge on any atom is 0.170 e. The second-order valence-electron chi connectivity index (χ2n) is 4.38. The van der Waals surface area contributed by atoms with Crippen molar-refractivity contribution < 1.29 is 4.79 Å². The molecule has 0 spiro atoms. The Bertz CT molecular complexity index is 743. The predicted molar refractivity (Wildman–Crippen MR) is 76.6 cm³/mol. The molecule has 3 aromatic rings. The van der Waals surface area contributed by atoms with Gasteiger partial charge in [0.1, 0.15) is 5.01 Å². The second kappa shape index (κ2) is 4.90. The van der Waals surface area contributed by atoms with E-state index in [0.717, 1.165) is 27.0 Å². The maximum absolute atomic E-state index is 12.4. The lowest BCUT2D eigenvalue weighted by Gasteiger charge is -2.04. The lowest BCUT2D eigenvalue weighted by molar-refractivity contribution is 0.0994. The van der Waals surface area contributed by atoms with Crippen molar-refractivity contribution in [1.82, 2.24) is 9.97 Å². The molecule has 0 saturated carbocycles. The molecule has 4 heteroatoms. The molecule has 3 rings (SSSR count). The van der Waals surface area contributed by atoms with Crippen LogP contribution in [0, 0.1) is 6.92 Å². The van der Waals surface area contributed by atoms with Crippen LogP contribution in [0.15, 0.2) is 42.0 Å². The zero-order valence-electron chi connectivity index (χ0n) is 10.5. The van der Waals surface area contributed by atoms with Crippen molar-refractivity contribution in [3.8, 4) is 0 Å². The first-order valence-corrected chi connectivity index (χ1v) is 6.89. The van der Waals surface area contributed by atoms with Crippen LogP contribution < -0.4 is 0 Å². The molecule has 2 aromatic heterocycles. The van der Waals surface area contributed by atoms with E-state index in [1.807, 2.05) is 36.6 Å². The summed E-state index contributed by atoms with van der Waals surface area (Å²) >= 11 is 1.53. The van der Waals surface area contributed by atoms with Crippen molar-refractivity contribution in [2.45, 2.75) is 13.3 Å². The first-order valence-electron chi connectivity index (χ1n) is 6.01. The number of hydrogen-bond acceptors (Lipinski definition) is 4. The summed E-state index contributed by atoms with van der Waals surface area (Å²) < 4.78 is 0. The Morgan fingerprint density at radius 2 is 2.21 bits per heavy atom. The molecule has 94 valence electrons. The van der Waals surface area contributed by atoms with Gasteiger partial charge in [0.05, 0.1) is 6.42 Å². The van der Waals surface area contributed by atoms with Crippen LogP contribution in [-0.4, -0.2) is 15.8 Å². The number of ketones is 1. The summed E-state index contributed by atoms with van der Waals surface area (Å²) in [7, 11) is 0. The number of carbonyl (C=O) groups is 1. The lowest BCUT2D eigenvalue weighted by atomic mass is 10.0. The van der Waals surface area contributed by atoms with E-state index in [0.29, 0.717) is 6.42 Å². The Balaban J connectivity index is 1.97. The number of hydrogen-bond donors (Lipinski definition) is 0. The third-order valence-electron chi connectivity index (χ3n) is 2.96. The average Bonchev–Trinajstić information content (AvgIpc) is 2.83. The van der Waals surface area contributed by atoms with Crippen LogP contribution in [0.4, 0.5) is 0 Å². The lowest BCUT2D eigenvalue weighted by Crippen LogP contribution is -2.04. The number of fused-ring (bicyclic) bond motifs is 1. The Kier molecular flexibility index (Phi) is 3.09. The summed E-state index contributed by atoms with van der Waals surface area (Å²) in [6.45, 7) is 1.94. The number of Topliss-reactive ketones (excluding diaryl/α,β-unsaturated/α-hetero) is 1. The highest BCUT2D eigenvalue weighted by atomic mass is 32.1. The monoisotopic (exact) mass is 268 g/mol. The van der Waals surface area contributed by atoms with Crippen LogP contribution in [0.25, 0.3) is 10.8 Å². The fraction of sp³-hybridized carbons (Fsp3) is 0.133. The number of pyridine rings is 1. The molecule has 0 N–H and O–H groups in total. The fourth-order valence-electron chi connectivity index (χ4n) is 2.08. The summed E-state index contributed by atoms with van der Waals surface area (Å²) in [6.07, 6.45) is 3.85. The van der Waals surface area contributed by atoms with Gasteiger partial charge in [-0.3, -0.25) is 9.78 Å². The summed E-state index contributed by atoms with van der Waals surface area (Å²) in [5.41, 5.74) is 1.71. The van der Waals surface area contributed by atoms with E-state index in [1.54, 1.807) is 12.4 Å². The van der Waals surface area contributed by atoms with Crippen molar-refractivity contribution in [3.05, 3.63) is 58.3 Å². The Hall–Kier alpha value is -2.07. The summed E-state index contributed by atoms with van der Waals surface area (Å²) in [4.78, 5) is 20.8. The third-order valence-corrected chi connectivity index (χ3v) is 3.93. The number of aromatic nitrogens is 2. The summed E-state index contributed by atoms with van der Waals surface area (Å²) in [6, 6.07) is 7.61. The molecule has 3 nitrogen and oxygen atoms in total. The highest BCUT2D eigenvalue weighted by Gasteiger charge is 2.12. The molecule has 0 unspecified atom stereocenters. The number of rotatable bonds is 3. The predicted octanol–water partition coefficient (Wildman–Crippen LogP) is 3.43. The van der Waals surface area contributed by atoms with Gasteiger partial charge in [0, 0.05) is 34.4 Å². The van der Waals surface area contributed by atoms with E-state index in [-0.39, 0.29) is 5.78 Å². The molecule has 1 aromatic carbocycles. The molecular weight excluding hydrogens is 256 g/mol. The Morgan fingerprint density at radius 1 is 1.32 bits per heavy atom. The SMILES string of the molecule is Cc1csc(CC(=O)c2cccc3cnccc23)n1. The molecule has 0 aliphatic carbocycles. The summed E-state index contributed by atoms with van der Waals surface area (Å²) in [5.74, 6) is 0.103. The minimum atomic E-state index is 0.103. The van der Waals surface area contributed by atoms with E-state index in [1.165, 1.54) is 11.3 Å². The quantitative estimate of drug-likeness (QED) is 0.683. The topological polar surface area (TPSA) is 42.9 Å². The largest absolute Gasteiger partial charge is 0.294 e. The third kappa shape index (κ3) is 2.39. The van der Waals surface area contributed by atoms with Crippen molar-refractivity contribution in [2.75, 3.05) is 0 Å². The molecule has 0 radical (unpaired) electrons. The van der Waals surface area contributed by atoms with Crippen LogP contribution >= 0.6 is 11.3 Å². The van der Waals surface area contributed by atoms with Gasteiger partial charge in [-0.05, 0) is 18.4 Å². The smallest absolute Gasteiger partial charge is 0.170 e. The average molecular weight is 268 g/mol. The first kappa shape index (κ1) is 12.0. The first-order chi connectivity index (χ1) is 9.24. The molecule has 0 aliphatic rings. The van der Waals surface area contributed by atoms with E-state index in [2.05, 4.69) is 9.97 Å². The minimum Gasteiger partial charge on any atom is -0.294 e. The van der Waals surface area contributed by atoms with E-state index >= 15 is 0 Å². The van der Waals surface area contributed by atoms with Crippen molar-refractivity contribution >= 4 is 27.9 Å². The van der Waals surface area contributed by atoms with Gasteiger partial charge in [-0.15, -0.1) is 11.3 Å². The molecule has 0 fully saturated rings. The number of aryl methyl sites for hydroxylation is 1. The second-order valence-corrected chi connectivity index (χ2v) is 5.33. The zero-order valence-corrected chi connectivity index (χ0v) is 11.3. The highest BCUT2D eigenvalue weighted by molar-refractivity contribution is 7.09. The van der Waals surface area contributed by atoms with Crippen LogP contribution in [0.3, 0.4) is 0 Å². The zero-order chi connectivity index (χ0) is 13.2. The number of carbonyl (C=O) groups excluding carboxylic acids is 1. The van der Waals surface area contributed by atoms with E-state index in [9.17, 15) is 4.79 Å². The van der Waals surface area contributed by atoms with Crippen LogP contribution in [0.5, 0.6) is 0 Å². The Labute approximate surface area is 115 Å². The number of thiazole rings is 1. The van der Waals surface area contributed by atoms with Gasteiger partial charge in [-0.1, -0.05) is 18.2 Å². The minimum absolute atomic E-state index is 0.103. The number of benzene rings is 1. The normalized spacial score (nSPS) is 10.8. The van der Waals surface area contributed by atoms with E-state index in [4.69, 9.17) is 0 Å². The van der Waals surface area contributed by atoms with Gasteiger partial charge in [-0.2, -0.15) is 0 Å². The van der Waals surface area contributed by atoms with Crippen LogP contribution in [-0.2, 0) is 6.42 Å². The molecule has 19 heavy (non-hydrogen) atoms. The molecular formula is C15H12N2OS. The van der Waals surface area contributed by atoms with Gasteiger partial charge in [0.15, 0.2) is 5.78 Å². The Morgan fingerprint density at radius 3 is 3.00 bits per heavy atom. The highest BCUT2D eigenvalue weighted by Crippen LogP contribution is 2.20. The van der Waals surface area contributed by atoms with Gasteiger partial charge in [0.25, 0.3) is 0 Å². The van der Waals surface area contributed by atoms with Gasteiger partial charge in [0.2, 0.25) is 0 Å². The molecule has 0 bridgehead atoms. The fourth-order valence-corrected chi connectivity index (χ4v) is 2.85. The van der Waals surface area contributed by atoms with E-state index < -0.39 is 0 Å². The van der Waals surface area contributed by atoms with Crippen molar-refractivity contribution in [3.63, 3.8) is 0 Å². The standard InChI is InChI=1S/C15H12N2OS/c1-10-9-19-15(17-10)7-14(18)13-4-2-3-11-8-16-6-5-12(11)13/h2-6,8-9H,7H2,1H3. The molecule has 0 saturated heterocycles. The van der Waals surface area contributed by atoms with Crippen LogP contribution in [0.2, 0.25) is 0 Å². The maximum atomic E-state index is 12.4. The number of nitrogens with zero attached hydrogens (tertiary/aromatic N) is 2. The molecule has 2 heterocycles. The van der Waals surface area contributed by atoms with Crippen molar-refractivity contribution in [1.29, 1.82) is 0 Å². The molecule has 0 amide bonds. The van der Waals surface area contributed by atoms with Crippen LogP contribution in [0.1, 0.15) is 21.1 Å².